The third-order valence-electron chi connectivity index (χ3n) is 8.25. The van der Waals surface area contributed by atoms with Gasteiger partial charge >= 0.3 is 11.9 Å². The summed E-state index contributed by atoms with van der Waals surface area (Å²) in [6.07, 6.45) is 35.5. The Morgan fingerprint density at radius 2 is 0.867 bits per heavy atom. The first kappa shape index (κ1) is 43.3. The molecule has 0 aliphatic heterocycles. The van der Waals surface area contributed by atoms with Gasteiger partial charge < -0.3 is 19.7 Å². The van der Waals surface area contributed by atoms with E-state index in [1.54, 1.807) is 0 Å². The number of unbranched alkanes of at least 4 members (excludes halogenated alkanes) is 16. The lowest BCUT2D eigenvalue weighted by molar-refractivity contribution is -0.146. The Hall–Kier alpha value is -1.66. The van der Waals surface area contributed by atoms with Gasteiger partial charge in [0.2, 0.25) is 0 Å². The molecule has 0 aromatic rings. The zero-order valence-corrected chi connectivity index (χ0v) is 29.5. The molecule has 264 valence electrons. The molecule has 0 radical (unpaired) electrons. The van der Waals surface area contributed by atoms with E-state index in [9.17, 15) is 19.8 Å². The predicted octanol–water partition coefficient (Wildman–Crippen LogP) is 10.5. The molecular weight excluding hydrogens is 564 g/mol. The summed E-state index contributed by atoms with van der Waals surface area (Å²) in [5.74, 6) is -0.327. The fourth-order valence-electron chi connectivity index (χ4n) is 5.29. The summed E-state index contributed by atoms with van der Waals surface area (Å²) in [5, 5.41) is 20.0. The lowest BCUT2D eigenvalue weighted by Crippen LogP contribution is -2.10. The van der Waals surface area contributed by atoms with Crippen molar-refractivity contribution in [3.05, 3.63) is 24.3 Å². The molecule has 0 amide bonds. The first-order valence-electron chi connectivity index (χ1n) is 19.0. The molecule has 0 heterocycles. The Labute approximate surface area is 277 Å². The summed E-state index contributed by atoms with van der Waals surface area (Å²) in [6.45, 7) is 5.02. The highest BCUT2D eigenvalue weighted by atomic mass is 16.5. The average Bonchev–Trinajstić information content (AvgIpc) is 3.03. The average molecular weight is 637 g/mol. The molecule has 0 saturated heterocycles. The van der Waals surface area contributed by atoms with E-state index in [4.69, 9.17) is 9.47 Å². The molecule has 0 aromatic carbocycles. The van der Waals surface area contributed by atoms with Crippen molar-refractivity contribution in [1.29, 1.82) is 0 Å². The molecule has 6 nitrogen and oxygen atoms in total. The number of allylic oxidation sites excluding steroid dienone is 2. The van der Waals surface area contributed by atoms with Crippen molar-refractivity contribution in [1.82, 2.24) is 0 Å². The van der Waals surface area contributed by atoms with Gasteiger partial charge in [0, 0.05) is 19.3 Å². The first-order valence-corrected chi connectivity index (χ1v) is 19.0. The second kappa shape index (κ2) is 35.2. The zero-order valence-electron chi connectivity index (χ0n) is 29.5. The van der Waals surface area contributed by atoms with Gasteiger partial charge in [-0.25, -0.2) is 0 Å². The minimum Gasteiger partial charge on any atom is -0.466 e. The van der Waals surface area contributed by atoms with Crippen LogP contribution < -0.4 is 0 Å². The van der Waals surface area contributed by atoms with Crippen LogP contribution in [0.25, 0.3) is 0 Å². The summed E-state index contributed by atoms with van der Waals surface area (Å²) in [7, 11) is 0. The molecule has 0 saturated carbocycles. The number of ether oxygens (including phenoxy) is 2. The standard InChI is InChI=1S/C39H72O6/c1-3-5-7-21-28-36(40)30-23-17-13-9-11-15-19-25-32-38(42)44-34-27-35-45-39(43)33-26-20-16-12-10-14-18-24-31-37(41)29-22-8-6-4-2/h17-18,23-24,36-37,40-41H,3-16,19-22,25-35H2,1-2H3/b23-17+,24-18+/t36-,37+. The van der Waals surface area contributed by atoms with E-state index in [0.29, 0.717) is 32.5 Å². The van der Waals surface area contributed by atoms with Crippen LogP contribution in [0.4, 0.5) is 0 Å². The summed E-state index contributed by atoms with van der Waals surface area (Å²) in [6, 6.07) is 0. The smallest absolute Gasteiger partial charge is 0.305 e. The third-order valence-corrected chi connectivity index (χ3v) is 8.25. The van der Waals surface area contributed by atoms with Crippen LogP contribution in [0.15, 0.2) is 24.3 Å². The summed E-state index contributed by atoms with van der Waals surface area (Å²) >= 11 is 0. The number of aliphatic hydroxyl groups is 2. The number of aliphatic hydroxyl groups excluding tert-OH is 2. The highest BCUT2D eigenvalue weighted by Gasteiger charge is 2.06. The van der Waals surface area contributed by atoms with Crippen LogP contribution in [0, 0.1) is 0 Å². The molecule has 0 unspecified atom stereocenters. The fourth-order valence-corrected chi connectivity index (χ4v) is 5.29. The second-order valence-electron chi connectivity index (χ2n) is 12.8. The van der Waals surface area contributed by atoms with E-state index < -0.39 is 0 Å². The third kappa shape index (κ3) is 35.0. The van der Waals surface area contributed by atoms with E-state index in [1.807, 2.05) is 0 Å². The molecule has 0 aromatic heterocycles. The van der Waals surface area contributed by atoms with Gasteiger partial charge in [-0.05, 0) is 64.2 Å². The number of hydrogen-bond acceptors (Lipinski definition) is 6. The van der Waals surface area contributed by atoms with Crippen molar-refractivity contribution in [2.24, 2.45) is 0 Å². The minimum atomic E-state index is -0.195. The molecule has 0 rings (SSSR count). The normalized spacial score (nSPS) is 13.1. The molecule has 0 fully saturated rings. The predicted molar refractivity (Wildman–Crippen MR) is 188 cm³/mol. The molecule has 2 N–H and O–H groups in total. The van der Waals surface area contributed by atoms with Gasteiger partial charge in [0.15, 0.2) is 0 Å². The van der Waals surface area contributed by atoms with Gasteiger partial charge in [-0.2, -0.15) is 0 Å². The maximum Gasteiger partial charge on any atom is 0.305 e. The maximum atomic E-state index is 11.9. The molecule has 45 heavy (non-hydrogen) atoms. The number of esters is 2. The topological polar surface area (TPSA) is 93.1 Å². The number of carbonyl (C=O) groups excluding carboxylic acids is 2. The van der Waals surface area contributed by atoms with Crippen LogP contribution >= 0.6 is 0 Å². The number of rotatable bonds is 34. The van der Waals surface area contributed by atoms with E-state index in [2.05, 4.69) is 38.2 Å². The largest absolute Gasteiger partial charge is 0.466 e. The summed E-state index contributed by atoms with van der Waals surface area (Å²) < 4.78 is 10.5. The SMILES string of the molecule is CCCCCC[C@H](O)C/C=C/CCCCCCCC(=O)OCCCOC(=O)CCCCCCC/C=C/C[C@H](O)CCCCCC. The zero-order chi connectivity index (χ0) is 33.1. The Balaban J connectivity index is 3.43. The van der Waals surface area contributed by atoms with Crippen LogP contribution in [0.3, 0.4) is 0 Å². The first-order chi connectivity index (χ1) is 22.0. The maximum absolute atomic E-state index is 11.9. The molecular formula is C39H72O6. The Morgan fingerprint density at radius 1 is 0.489 bits per heavy atom. The Morgan fingerprint density at radius 3 is 1.29 bits per heavy atom. The van der Waals surface area contributed by atoms with E-state index in [1.165, 1.54) is 38.5 Å². The van der Waals surface area contributed by atoms with Gasteiger partial charge in [-0.3, -0.25) is 9.59 Å². The highest BCUT2D eigenvalue weighted by Crippen LogP contribution is 2.12. The fraction of sp³-hybridized carbons (Fsp3) is 0.846. The molecule has 6 heteroatoms. The van der Waals surface area contributed by atoms with Crippen LogP contribution in [0.1, 0.15) is 187 Å². The van der Waals surface area contributed by atoms with Crippen molar-refractivity contribution in [2.45, 2.75) is 199 Å². The van der Waals surface area contributed by atoms with E-state index >= 15 is 0 Å². The summed E-state index contributed by atoms with van der Waals surface area (Å²) in [5.41, 5.74) is 0. The second-order valence-corrected chi connectivity index (χ2v) is 12.8. The van der Waals surface area contributed by atoms with Crippen LogP contribution in [0.5, 0.6) is 0 Å². The Kier molecular flexibility index (Phi) is 33.9. The minimum absolute atomic E-state index is 0.164. The van der Waals surface area contributed by atoms with Gasteiger partial charge in [-0.15, -0.1) is 0 Å². The monoisotopic (exact) mass is 637 g/mol. The summed E-state index contributed by atoms with van der Waals surface area (Å²) in [4.78, 5) is 23.8. The highest BCUT2D eigenvalue weighted by molar-refractivity contribution is 5.69. The van der Waals surface area contributed by atoms with Gasteiger partial charge in [0.1, 0.15) is 0 Å². The van der Waals surface area contributed by atoms with Gasteiger partial charge in [0.25, 0.3) is 0 Å². The molecule has 0 aliphatic carbocycles. The van der Waals surface area contributed by atoms with Crippen molar-refractivity contribution >= 4 is 11.9 Å². The lowest BCUT2D eigenvalue weighted by Gasteiger charge is -2.07. The number of carbonyl (C=O) groups is 2. The van der Waals surface area contributed by atoms with Gasteiger partial charge in [0.05, 0.1) is 25.4 Å². The quantitative estimate of drug-likeness (QED) is 0.0415. The van der Waals surface area contributed by atoms with Crippen molar-refractivity contribution in [3.8, 4) is 0 Å². The van der Waals surface area contributed by atoms with Crippen LogP contribution in [-0.2, 0) is 19.1 Å². The van der Waals surface area contributed by atoms with Crippen molar-refractivity contribution < 1.29 is 29.3 Å². The lowest BCUT2D eigenvalue weighted by atomic mass is 10.1. The Bertz CT molecular complexity index is 646. The van der Waals surface area contributed by atoms with Crippen molar-refractivity contribution in [2.75, 3.05) is 13.2 Å². The number of hydrogen-bond donors (Lipinski definition) is 2. The van der Waals surface area contributed by atoms with Crippen molar-refractivity contribution in [3.63, 3.8) is 0 Å². The van der Waals surface area contributed by atoms with Gasteiger partial charge in [-0.1, -0.05) is 128 Å². The van der Waals surface area contributed by atoms with E-state index in [0.717, 1.165) is 116 Å². The molecule has 0 aliphatic rings. The molecule has 2 atom stereocenters. The molecule has 0 bridgehead atoms. The van der Waals surface area contributed by atoms with E-state index in [-0.39, 0.29) is 24.1 Å². The van der Waals surface area contributed by atoms with Crippen LogP contribution in [-0.4, -0.2) is 47.6 Å². The molecule has 0 spiro atoms. The van der Waals surface area contributed by atoms with Crippen LogP contribution in [0.2, 0.25) is 0 Å².